The topological polar surface area (TPSA) is 72.6 Å². The molecule has 5 nitrogen and oxygen atoms in total. The number of hydrogen-bond acceptors (Lipinski definition) is 4. The van der Waals surface area contributed by atoms with E-state index < -0.39 is 12.0 Å². The fourth-order valence-corrected chi connectivity index (χ4v) is 2.38. The number of rotatable bonds is 5. The molecule has 1 saturated heterocycles. The summed E-state index contributed by atoms with van der Waals surface area (Å²) in [5, 5.41) is 0. The molecule has 1 aromatic carbocycles. The molecule has 1 atom stereocenters. The molecular formula is C16H22N2O3. The average Bonchev–Trinajstić information content (AvgIpc) is 2.54. The number of likely N-dealkylation sites (tertiary alicyclic amines) is 1. The first-order valence-electron chi connectivity index (χ1n) is 7.41. The second-order valence-corrected chi connectivity index (χ2v) is 5.35. The Morgan fingerprint density at radius 2 is 1.81 bits per heavy atom. The molecule has 1 amide bonds. The molecule has 0 aliphatic carbocycles. The van der Waals surface area contributed by atoms with Crippen molar-refractivity contribution in [2.75, 3.05) is 13.1 Å². The summed E-state index contributed by atoms with van der Waals surface area (Å²) in [6.07, 6.45) is 3.24. The van der Waals surface area contributed by atoms with Gasteiger partial charge in [-0.15, -0.1) is 0 Å². The number of ether oxygens (including phenoxy) is 1. The summed E-state index contributed by atoms with van der Waals surface area (Å²) in [6, 6.07) is 8.51. The molecule has 2 N–H and O–H groups in total. The van der Waals surface area contributed by atoms with Crippen LogP contribution in [0.4, 0.5) is 0 Å². The van der Waals surface area contributed by atoms with Crippen molar-refractivity contribution in [3.8, 4) is 0 Å². The maximum atomic E-state index is 12.0. The van der Waals surface area contributed by atoms with Crippen LogP contribution in [0.5, 0.6) is 0 Å². The van der Waals surface area contributed by atoms with Crippen molar-refractivity contribution in [3.05, 3.63) is 35.9 Å². The minimum Gasteiger partial charge on any atom is -0.460 e. The zero-order valence-electron chi connectivity index (χ0n) is 12.2. The lowest BCUT2D eigenvalue weighted by atomic mass is 10.1. The van der Waals surface area contributed by atoms with Crippen molar-refractivity contribution >= 4 is 11.9 Å². The number of carbonyl (C=O) groups excluding carboxylic acids is 2. The summed E-state index contributed by atoms with van der Waals surface area (Å²) in [6.45, 7) is 1.72. The highest BCUT2D eigenvalue weighted by molar-refractivity contribution is 5.85. The van der Waals surface area contributed by atoms with Crippen LogP contribution in [0.2, 0.25) is 0 Å². The summed E-state index contributed by atoms with van der Waals surface area (Å²) >= 11 is 0. The van der Waals surface area contributed by atoms with Gasteiger partial charge in [-0.25, -0.2) is 0 Å². The van der Waals surface area contributed by atoms with Gasteiger partial charge >= 0.3 is 5.97 Å². The number of esters is 1. The first kappa shape index (κ1) is 15.5. The molecule has 0 bridgehead atoms. The van der Waals surface area contributed by atoms with Crippen molar-refractivity contribution in [1.29, 1.82) is 0 Å². The smallest absolute Gasteiger partial charge is 0.323 e. The second-order valence-electron chi connectivity index (χ2n) is 5.35. The first-order chi connectivity index (χ1) is 10.2. The number of nitrogens with two attached hydrogens (primary N) is 1. The normalized spacial score (nSPS) is 16.3. The van der Waals surface area contributed by atoms with E-state index in [1.54, 1.807) is 4.90 Å². The quantitative estimate of drug-likeness (QED) is 0.833. The van der Waals surface area contributed by atoms with Gasteiger partial charge in [-0.2, -0.15) is 0 Å². The van der Waals surface area contributed by atoms with Gasteiger partial charge in [0.2, 0.25) is 5.91 Å². The van der Waals surface area contributed by atoms with E-state index in [1.165, 1.54) is 0 Å². The molecule has 2 rings (SSSR count). The minimum atomic E-state index is -0.886. The van der Waals surface area contributed by atoms with E-state index in [9.17, 15) is 9.59 Å². The average molecular weight is 290 g/mol. The lowest BCUT2D eigenvalue weighted by Crippen LogP contribution is -2.42. The number of nitrogens with zero attached hydrogens (tertiary/aromatic N) is 1. The maximum Gasteiger partial charge on any atom is 0.323 e. The van der Waals surface area contributed by atoms with E-state index in [0.717, 1.165) is 37.9 Å². The van der Waals surface area contributed by atoms with E-state index in [-0.39, 0.29) is 18.9 Å². The summed E-state index contributed by atoms with van der Waals surface area (Å²) in [4.78, 5) is 25.6. The Morgan fingerprint density at radius 1 is 1.14 bits per heavy atom. The van der Waals surface area contributed by atoms with Crippen LogP contribution >= 0.6 is 0 Å². The van der Waals surface area contributed by atoms with Crippen molar-refractivity contribution in [3.63, 3.8) is 0 Å². The Labute approximate surface area is 125 Å². The van der Waals surface area contributed by atoms with Crippen molar-refractivity contribution in [2.24, 2.45) is 5.73 Å². The molecule has 1 unspecified atom stereocenters. The molecule has 1 fully saturated rings. The molecule has 21 heavy (non-hydrogen) atoms. The molecule has 1 aromatic rings. The van der Waals surface area contributed by atoms with Gasteiger partial charge in [-0.3, -0.25) is 9.59 Å². The largest absolute Gasteiger partial charge is 0.460 e. The molecule has 114 valence electrons. The van der Waals surface area contributed by atoms with Gasteiger partial charge in [0.05, 0.1) is 6.42 Å². The Morgan fingerprint density at radius 3 is 2.48 bits per heavy atom. The highest BCUT2D eigenvalue weighted by Gasteiger charge is 2.23. The summed E-state index contributed by atoms with van der Waals surface area (Å²) in [5.74, 6) is -0.580. The Balaban J connectivity index is 1.75. The third kappa shape index (κ3) is 4.86. The molecule has 1 heterocycles. The third-order valence-corrected chi connectivity index (χ3v) is 3.63. The molecule has 1 aliphatic heterocycles. The van der Waals surface area contributed by atoms with Crippen LogP contribution in [0.25, 0.3) is 0 Å². The van der Waals surface area contributed by atoms with Gasteiger partial charge in [0.1, 0.15) is 12.6 Å². The Hall–Kier alpha value is -1.88. The van der Waals surface area contributed by atoms with Crippen LogP contribution in [0.3, 0.4) is 0 Å². The fourth-order valence-electron chi connectivity index (χ4n) is 2.38. The predicted octanol–water partition coefficient (Wildman–Crippen LogP) is 1.46. The van der Waals surface area contributed by atoms with E-state index in [0.29, 0.717) is 0 Å². The number of amides is 1. The summed E-state index contributed by atoms with van der Waals surface area (Å²) in [5.41, 5.74) is 6.67. The number of benzene rings is 1. The molecule has 0 aromatic heterocycles. The second kappa shape index (κ2) is 7.78. The maximum absolute atomic E-state index is 12.0. The molecule has 0 saturated carbocycles. The van der Waals surface area contributed by atoms with E-state index >= 15 is 0 Å². The number of hydrogen-bond donors (Lipinski definition) is 1. The number of piperidine rings is 1. The Bertz CT molecular complexity index is 470. The number of carbonyl (C=O) groups is 2. The highest BCUT2D eigenvalue weighted by Crippen LogP contribution is 2.11. The molecule has 0 radical (unpaired) electrons. The monoisotopic (exact) mass is 290 g/mol. The summed E-state index contributed by atoms with van der Waals surface area (Å²) in [7, 11) is 0. The van der Waals surface area contributed by atoms with Gasteiger partial charge in [-0.1, -0.05) is 30.3 Å². The lowest BCUT2D eigenvalue weighted by molar-refractivity contribution is -0.149. The molecule has 5 heteroatoms. The van der Waals surface area contributed by atoms with Gasteiger partial charge < -0.3 is 15.4 Å². The zero-order valence-corrected chi connectivity index (χ0v) is 12.2. The van der Waals surface area contributed by atoms with Gasteiger partial charge in [0.25, 0.3) is 0 Å². The first-order valence-corrected chi connectivity index (χ1v) is 7.41. The van der Waals surface area contributed by atoms with Crippen LogP contribution in [0.1, 0.15) is 31.2 Å². The van der Waals surface area contributed by atoms with E-state index in [4.69, 9.17) is 10.5 Å². The summed E-state index contributed by atoms with van der Waals surface area (Å²) < 4.78 is 5.14. The van der Waals surface area contributed by atoms with Crippen molar-refractivity contribution < 1.29 is 14.3 Å². The standard InChI is InChI=1S/C16H22N2O3/c17-14(11-15(19)18-9-5-2-6-10-18)16(20)21-12-13-7-3-1-4-8-13/h1,3-4,7-8,14H,2,5-6,9-12,17H2. The lowest BCUT2D eigenvalue weighted by Gasteiger charge is -2.27. The fraction of sp³-hybridized carbons (Fsp3) is 0.500. The predicted molar refractivity (Wildman–Crippen MR) is 79.3 cm³/mol. The molecule has 0 spiro atoms. The Kier molecular flexibility index (Phi) is 5.75. The zero-order chi connectivity index (χ0) is 15.1. The van der Waals surface area contributed by atoms with E-state index in [2.05, 4.69) is 0 Å². The van der Waals surface area contributed by atoms with E-state index in [1.807, 2.05) is 30.3 Å². The van der Waals surface area contributed by atoms with Gasteiger partial charge in [-0.05, 0) is 24.8 Å². The minimum absolute atomic E-state index is 0.0215. The van der Waals surface area contributed by atoms with Crippen molar-refractivity contribution in [2.45, 2.75) is 38.3 Å². The highest BCUT2D eigenvalue weighted by atomic mass is 16.5. The third-order valence-electron chi connectivity index (χ3n) is 3.63. The van der Waals surface area contributed by atoms with Crippen LogP contribution in [-0.4, -0.2) is 35.9 Å². The van der Waals surface area contributed by atoms with Crippen LogP contribution in [-0.2, 0) is 20.9 Å². The van der Waals surface area contributed by atoms with Crippen molar-refractivity contribution in [1.82, 2.24) is 4.90 Å². The van der Waals surface area contributed by atoms with Gasteiger partial charge in [0, 0.05) is 13.1 Å². The SMILES string of the molecule is NC(CC(=O)N1CCCCC1)C(=O)OCc1ccccc1. The van der Waals surface area contributed by atoms with Crippen LogP contribution in [0.15, 0.2) is 30.3 Å². The van der Waals surface area contributed by atoms with Crippen LogP contribution in [0, 0.1) is 0 Å². The van der Waals surface area contributed by atoms with Gasteiger partial charge in [0.15, 0.2) is 0 Å². The van der Waals surface area contributed by atoms with Crippen LogP contribution < -0.4 is 5.73 Å². The molecule has 1 aliphatic rings. The molecular weight excluding hydrogens is 268 g/mol.